The molecule has 1 heterocycles. The second-order valence-corrected chi connectivity index (χ2v) is 7.56. The van der Waals surface area contributed by atoms with Crippen molar-refractivity contribution in [2.75, 3.05) is 5.32 Å². The molecule has 0 spiro atoms. The maximum absolute atomic E-state index is 13.2. The Morgan fingerprint density at radius 3 is 2.67 bits per heavy atom. The van der Waals surface area contributed by atoms with Gasteiger partial charge in [0, 0.05) is 35.8 Å². The fourth-order valence-electron chi connectivity index (χ4n) is 4.43. The number of benzene rings is 1. The summed E-state index contributed by atoms with van der Waals surface area (Å²) >= 11 is 6.29. The van der Waals surface area contributed by atoms with E-state index in [1.165, 1.54) is 7.05 Å². The number of rotatable bonds is 2. The highest BCUT2D eigenvalue weighted by atomic mass is 35.5. The Kier molecular flexibility index (Phi) is 4.10. The second kappa shape index (κ2) is 6.12. The van der Waals surface area contributed by atoms with Crippen LogP contribution in [0.15, 0.2) is 35.0 Å². The summed E-state index contributed by atoms with van der Waals surface area (Å²) in [5, 5.41) is 6.82. The van der Waals surface area contributed by atoms with Gasteiger partial charge in [0.05, 0.1) is 5.56 Å². The zero-order valence-corrected chi connectivity index (χ0v) is 15.4. The van der Waals surface area contributed by atoms with Gasteiger partial charge in [-0.2, -0.15) is 18.3 Å². The Labute approximate surface area is 159 Å². The van der Waals surface area contributed by atoms with Crippen molar-refractivity contribution in [3.05, 3.63) is 57.4 Å². The van der Waals surface area contributed by atoms with Crippen LogP contribution in [-0.4, -0.2) is 15.7 Å². The van der Waals surface area contributed by atoms with E-state index in [1.54, 1.807) is 6.07 Å². The lowest BCUT2D eigenvalue weighted by atomic mass is 9.90. The highest BCUT2D eigenvalue weighted by Gasteiger charge is 2.44. The fraction of sp³-hybridized carbons (Fsp3) is 0.368. The highest BCUT2D eigenvalue weighted by Crippen LogP contribution is 2.60. The first-order valence-electron chi connectivity index (χ1n) is 8.59. The Morgan fingerprint density at radius 1 is 1.30 bits per heavy atom. The van der Waals surface area contributed by atoms with Crippen molar-refractivity contribution in [3.8, 4) is 0 Å². The number of carbonyl (C=O) groups excluding carboxylic acids is 1. The number of nitrogens with one attached hydrogen (secondary N) is 1. The Hall–Kier alpha value is -2.28. The summed E-state index contributed by atoms with van der Waals surface area (Å²) in [7, 11) is 1.35. The summed E-state index contributed by atoms with van der Waals surface area (Å²) in [5.74, 6) is -0.488. The van der Waals surface area contributed by atoms with E-state index < -0.39 is 23.3 Å². The van der Waals surface area contributed by atoms with Crippen molar-refractivity contribution in [1.29, 1.82) is 0 Å². The molecule has 1 saturated carbocycles. The number of fused-ring (bicyclic) bond motifs is 5. The van der Waals surface area contributed by atoms with Gasteiger partial charge in [0.15, 0.2) is 5.69 Å². The van der Waals surface area contributed by atoms with Gasteiger partial charge in [-0.3, -0.25) is 9.48 Å². The van der Waals surface area contributed by atoms with Crippen LogP contribution in [0.1, 0.15) is 58.8 Å². The number of aryl methyl sites for hydroxylation is 1. The molecule has 0 aliphatic heterocycles. The topological polar surface area (TPSA) is 46.9 Å². The van der Waals surface area contributed by atoms with Gasteiger partial charge in [0.2, 0.25) is 0 Å². The second-order valence-electron chi connectivity index (χ2n) is 7.00. The lowest BCUT2D eigenvalue weighted by Gasteiger charge is -2.18. The molecule has 2 aliphatic carbocycles. The van der Waals surface area contributed by atoms with E-state index in [0.717, 1.165) is 45.5 Å². The lowest BCUT2D eigenvalue weighted by Crippen LogP contribution is -2.19. The number of aromatic nitrogens is 2. The number of nitrogens with zero attached hydrogens (tertiary/aromatic N) is 2. The van der Waals surface area contributed by atoms with E-state index in [2.05, 4.69) is 10.4 Å². The third-order valence-corrected chi connectivity index (χ3v) is 5.56. The number of amides is 1. The van der Waals surface area contributed by atoms with Crippen LogP contribution in [0.3, 0.4) is 0 Å². The largest absolute Gasteiger partial charge is 0.435 e. The van der Waals surface area contributed by atoms with Gasteiger partial charge in [-0.05, 0) is 42.5 Å². The van der Waals surface area contributed by atoms with Crippen LogP contribution in [0.5, 0.6) is 0 Å². The van der Waals surface area contributed by atoms with Gasteiger partial charge in [0.25, 0.3) is 5.91 Å². The third kappa shape index (κ3) is 2.84. The SMILES string of the molecule is C/C(Cl)=C1/C2CCC1c1c(NC(=O)c3cn(C)nc3C(F)(F)F)cccc12. The molecule has 1 aromatic heterocycles. The van der Waals surface area contributed by atoms with Crippen LogP contribution in [0, 0.1) is 0 Å². The average molecular weight is 396 g/mol. The maximum Gasteiger partial charge on any atom is 0.435 e. The first-order chi connectivity index (χ1) is 12.7. The number of allylic oxidation sites excluding steroid dienone is 2. The van der Waals surface area contributed by atoms with E-state index in [9.17, 15) is 18.0 Å². The molecule has 2 aliphatic rings. The number of hydrogen-bond acceptors (Lipinski definition) is 2. The van der Waals surface area contributed by atoms with Crippen LogP contribution < -0.4 is 5.32 Å². The standard InChI is InChI=1S/C19H17ClF3N3O/c1-9(20)15-11-6-7-12(15)16-10(11)4-3-5-14(16)24-18(27)13-8-26(2)25-17(13)19(21,22)23/h3-5,8,11-12H,6-7H2,1-2H3,(H,24,27)/b15-9+. The van der Waals surface area contributed by atoms with Crippen molar-refractivity contribution in [1.82, 2.24) is 9.78 Å². The van der Waals surface area contributed by atoms with Crippen LogP contribution in [-0.2, 0) is 13.2 Å². The molecule has 2 atom stereocenters. The number of halogens is 4. The molecule has 4 nitrogen and oxygen atoms in total. The van der Waals surface area contributed by atoms with Crippen LogP contribution in [0.4, 0.5) is 18.9 Å². The fourth-order valence-corrected chi connectivity index (χ4v) is 4.69. The van der Waals surface area contributed by atoms with Crippen LogP contribution in [0.25, 0.3) is 0 Å². The molecule has 1 aromatic carbocycles. The monoisotopic (exact) mass is 395 g/mol. The molecule has 2 aromatic rings. The zero-order valence-electron chi connectivity index (χ0n) is 14.7. The molecule has 142 valence electrons. The minimum atomic E-state index is -4.70. The quantitative estimate of drug-likeness (QED) is 0.761. The summed E-state index contributed by atoms with van der Waals surface area (Å²) in [6, 6.07) is 5.53. The highest BCUT2D eigenvalue weighted by molar-refractivity contribution is 6.29. The number of alkyl halides is 3. The van der Waals surface area contributed by atoms with Crippen molar-refractivity contribution in [2.24, 2.45) is 7.05 Å². The first kappa shape index (κ1) is 18.1. The van der Waals surface area contributed by atoms with Gasteiger partial charge < -0.3 is 5.32 Å². The van der Waals surface area contributed by atoms with Crippen molar-refractivity contribution in [3.63, 3.8) is 0 Å². The van der Waals surface area contributed by atoms with Crippen molar-refractivity contribution < 1.29 is 18.0 Å². The predicted molar refractivity (Wildman–Crippen MR) is 95.9 cm³/mol. The Balaban J connectivity index is 1.72. The number of carbonyl (C=O) groups is 1. The predicted octanol–water partition coefficient (Wildman–Crippen LogP) is 5.18. The summed E-state index contributed by atoms with van der Waals surface area (Å²) < 4.78 is 40.5. The summed E-state index contributed by atoms with van der Waals surface area (Å²) in [6.45, 7) is 1.86. The molecule has 2 unspecified atom stereocenters. The summed E-state index contributed by atoms with van der Waals surface area (Å²) in [5.41, 5.74) is 2.09. The van der Waals surface area contributed by atoms with Crippen LogP contribution >= 0.6 is 11.6 Å². The lowest BCUT2D eigenvalue weighted by molar-refractivity contribution is -0.141. The Bertz CT molecular complexity index is 973. The molecule has 0 saturated heterocycles. The van der Waals surface area contributed by atoms with Gasteiger partial charge >= 0.3 is 6.18 Å². The molecule has 2 bridgehead atoms. The average Bonchev–Trinajstić information content (AvgIpc) is 3.25. The van der Waals surface area contributed by atoms with Crippen molar-refractivity contribution in [2.45, 2.75) is 37.8 Å². The van der Waals surface area contributed by atoms with Gasteiger partial charge in [-0.15, -0.1) is 0 Å². The molecule has 0 radical (unpaired) electrons. The van der Waals surface area contributed by atoms with Gasteiger partial charge in [0.1, 0.15) is 0 Å². The van der Waals surface area contributed by atoms with E-state index in [1.807, 2.05) is 19.1 Å². The van der Waals surface area contributed by atoms with E-state index >= 15 is 0 Å². The number of anilines is 1. The minimum absolute atomic E-state index is 0.106. The first-order valence-corrected chi connectivity index (χ1v) is 8.97. The molecular formula is C19H17ClF3N3O. The molecule has 4 rings (SSSR count). The normalized spacial score (nSPS) is 22.7. The van der Waals surface area contributed by atoms with Crippen LogP contribution in [0.2, 0.25) is 0 Å². The zero-order chi connectivity index (χ0) is 19.5. The minimum Gasteiger partial charge on any atom is -0.322 e. The maximum atomic E-state index is 13.2. The third-order valence-electron chi connectivity index (χ3n) is 5.35. The molecular weight excluding hydrogens is 379 g/mol. The molecule has 27 heavy (non-hydrogen) atoms. The smallest absolute Gasteiger partial charge is 0.322 e. The molecule has 1 amide bonds. The molecule has 1 N–H and O–H groups in total. The van der Waals surface area contributed by atoms with E-state index in [4.69, 9.17) is 11.6 Å². The van der Waals surface area contributed by atoms with Gasteiger partial charge in [-0.25, -0.2) is 0 Å². The van der Waals surface area contributed by atoms with E-state index in [0.29, 0.717) is 5.69 Å². The molecule has 8 heteroatoms. The summed E-state index contributed by atoms with van der Waals surface area (Å²) in [4.78, 5) is 12.6. The van der Waals surface area contributed by atoms with Gasteiger partial charge in [-0.1, -0.05) is 23.7 Å². The molecule has 1 fully saturated rings. The van der Waals surface area contributed by atoms with E-state index in [-0.39, 0.29) is 11.8 Å². The summed E-state index contributed by atoms with van der Waals surface area (Å²) in [6.07, 6.45) is -1.70. The van der Waals surface area contributed by atoms with Crippen molar-refractivity contribution >= 4 is 23.2 Å². The Morgan fingerprint density at radius 2 is 2.00 bits per heavy atom. The number of hydrogen-bond donors (Lipinski definition) is 1.